The van der Waals surface area contributed by atoms with Crippen LogP contribution in [0.25, 0.3) is 0 Å². The summed E-state index contributed by atoms with van der Waals surface area (Å²) in [5, 5.41) is 12.3. The molecule has 3 rings (SSSR count). The van der Waals surface area contributed by atoms with Crippen LogP contribution in [0.1, 0.15) is 28.3 Å². The summed E-state index contributed by atoms with van der Waals surface area (Å²) in [6.07, 6.45) is 0.948. The summed E-state index contributed by atoms with van der Waals surface area (Å²) in [6, 6.07) is 17.6. The third kappa shape index (κ3) is 2.61. The number of benzene rings is 2. The summed E-state index contributed by atoms with van der Waals surface area (Å²) < 4.78 is 0. The van der Waals surface area contributed by atoms with E-state index in [4.69, 9.17) is 5.11 Å². The van der Waals surface area contributed by atoms with Crippen molar-refractivity contribution < 1.29 is 5.11 Å². The maximum absolute atomic E-state index is 9.00. The van der Waals surface area contributed by atoms with Gasteiger partial charge in [0.15, 0.2) is 0 Å². The topological polar surface area (TPSA) is 42.2 Å². The zero-order valence-corrected chi connectivity index (χ0v) is 10.3. The van der Waals surface area contributed by atoms with Gasteiger partial charge in [-0.05, 0) is 28.7 Å². The molecule has 2 heteroatoms. The van der Waals surface area contributed by atoms with E-state index in [1.807, 2.05) is 12.1 Å². The number of hydrogen-bond donors (Lipinski definition) is 2. The highest BCUT2D eigenvalue weighted by atomic mass is 16.3. The first-order chi connectivity index (χ1) is 8.85. The molecule has 1 saturated heterocycles. The third-order valence-electron chi connectivity index (χ3n) is 3.40. The Labute approximate surface area is 107 Å². The van der Waals surface area contributed by atoms with Gasteiger partial charge in [0.2, 0.25) is 0 Å². The van der Waals surface area contributed by atoms with Gasteiger partial charge in [-0.2, -0.15) is 0 Å². The van der Waals surface area contributed by atoms with Crippen LogP contribution >= 0.6 is 0 Å². The molecule has 0 aromatic heterocycles. The maximum atomic E-state index is 9.00. The van der Waals surface area contributed by atoms with Crippen molar-refractivity contribution in [2.45, 2.75) is 19.1 Å². The molecular formula is C16H17NO. The second kappa shape index (κ2) is 4.92. The minimum atomic E-state index is 0.114. The first-order valence-electron chi connectivity index (χ1n) is 6.36. The van der Waals surface area contributed by atoms with Crippen LogP contribution in [0.2, 0.25) is 0 Å². The Balaban J connectivity index is 1.70. The van der Waals surface area contributed by atoms with Gasteiger partial charge in [-0.25, -0.2) is 0 Å². The molecule has 2 aromatic carbocycles. The number of rotatable bonds is 4. The van der Waals surface area contributed by atoms with Gasteiger partial charge in [0.05, 0.1) is 6.61 Å². The first-order valence-corrected chi connectivity index (χ1v) is 6.36. The van der Waals surface area contributed by atoms with E-state index in [0.29, 0.717) is 6.04 Å². The van der Waals surface area contributed by atoms with Gasteiger partial charge in [-0.3, -0.25) is 0 Å². The highest BCUT2D eigenvalue weighted by Crippen LogP contribution is 2.22. The predicted molar refractivity (Wildman–Crippen MR) is 72.4 cm³/mol. The number of nitrogens with one attached hydrogen (secondary N) is 1. The summed E-state index contributed by atoms with van der Waals surface area (Å²) in [7, 11) is 0. The van der Waals surface area contributed by atoms with E-state index in [2.05, 4.69) is 41.7 Å². The van der Waals surface area contributed by atoms with Gasteiger partial charge in [-0.1, -0.05) is 48.5 Å². The monoisotopic (exact) mass is 239 g/mol. The Kier molecular flexibility index (Phi) is 3.13. The van der Waals surface area contributed by atoms with Crippen LogP contribution in [0.3, 0.4) is 0 Å². The lowest BCUT2D eigenvalue weighted by Gasteiger charge is -2.04. The molecule has 92 valence electrons. The highest BCUT2D eigenvalue weighted by Gasteiger charge is 2.21. The molecule has 1 heterocycles. The largest absolute Gasteiger partial charge is 0.392 e. The first kappa shape index (κ1) is 11.5. The van der Waals surface area contributed by atoms with Crippen molar-refractivity contribution in [1.29, 1.82) is 0 Å². The second-order valence-electron chi connectivity index (χ2n) is 4.85. The fourth-order valence-electron chi connectivity index (χ4n) is 2.16. The van der Waals surface area contributed by atoms with Crippen molar-refractivity contribution in [1.82, 2.24) is 5.32 Å². The van der Waals surface area contributed by atoms with Crippen molar-refractivity contribution in [2.75, 3.05) is 6.54 Å². The van der Waals surface area contributed by atoms with E-state index < -0.39 is 0 Å². The average Bonchev–Trinajstić information content (AvgIpc) is 3.25. The molecule has 0 amide bonds. The molecule has 1 atom stereocenters. The Morgan fingerprint density at radius 3 is 1.89 bits per heavy atom. The van der Waals surface area contributed by atoms with Crippen molar-refractivity contribution in [2.24, 2.45) is 0 Å². The summed E-state index contributed by atoms with van der Waals surface area (Å²) in [4.78, 5) is 0. The Hall–Kier alpha value is -1.64. The van der Waals surface area contributed by atoms with Crippen molar-refractivity contribution in [3.63, 3.8) is 0 Å². The normalized spacial score (nSPS) is 17.7. The van der Waals surface area contributed by atoms with Gasteiger partial charge < -0.3 is 10.4 Å². The van der Waals surface area contributed by atoms with Gasteiger partial charge in [0, 0.05) is 12.6 Å². The highest BCUT2D eigenvalue weighted by molar-refractivity contribution is 5.32. The van der Waals surface area contributed by atoms with E-state index in [0.717, 1.165) is 18.5 Å². The fourth-order valence-corrected chi connectivity index (χ4v) is 2.16. The van der Waals surface area contributed by atoms with Crippen LogP contribution in [0.4, 0.5) is 0 Å². The van der Waals surface area contributed by atoms with Crippen molar-refractivity contribution in [3.05, 3.63) is 70.8 Å². The van der Waals surface area contributed by atoms with Crippen molar-refractivity contribution in [3.8, 4) is 0 Å². The van der Waals surface area contributed by atoms with E-state index in [1.165, 1.54) is 16.7 Å². The van der Waals surface area contributed by atoms with E-state index in [1.54, 1.807) is 0 Å². The average molecular weight is 239 g/mol. The lowest BCUT2D eigenvalue weighted by molar-refractivity contribution is 0.282. The minimum absolute atomic E-state index is 0.114. The molecule has 2 nitrogen and oxygen atoms in total. The number of aliphatic hydroxyl groups excluding tert-OH is 1. The molecule has 0 saturated carbocycles. The molecule has 2 aromatic rings. The minimum Gasteiger partial charge on any atom is -0.392 e. The molecule has 0 aliphatic carbocycles. The van der Waals surface area contributed by atoms with E-state index in [-0.39, 0.29) is 6.61 Å². The fraction of sp³-hybridized carbons (Fsp3) is 0.250. The Morgan fingerprint density at radius 1 is 0.889 bits per heavy atom. The smallest absolute Gasteiger partial charge is 0.0681 e. The molecule has 0 bridgehead atoms. The summed E-state index contributed by atoms with van der Waals surface area (Å²) in [5.41, 5.74) is 4.96. The molecule has 2 N–H and O–H groups in total. The molecule has 18 heavy (non-hydrogen) atoms. The van der Waals surface area contributed by atoms with Gasteiger partial charge in [0.1, 0.15) is 0 Å². The SMILES string of the molecule is OCc1ccc(Cc2ccc(C3CN3)cc2)cc1. The zero-order valence-electron chi connectivity index (χ0n) is 10.3. The van der Waals surface area contributed by atoms with Crippen LogP contribution in [0.5, 0.6) is 0 Å². The second-order valence-corrected chi connectivity index (χ2v) is 4.85. The van der Waals surface area contributed by atoms with Gasteiger partial charge in [-0.15, -0.1) is 0 Å². The van der Waals surface area contributed by atoms with Crippen molar-refractivity contribution >= 4 is 0 Å². The standard InChI is InChI=1S/C16H17NO/c18-11-14-3-1-12(2-4-14)9-13-5-7-15(8-6-13)16-10-17-16/h1-8,16-18H,9-11H2. The molecule has 1 fully saturated rings. The van der Waals surface area contributed by atoms with E-state index in [9.17, 15) is 0 Å². The van der Waals surface area contributed by atoms with Crippen LogP contribution in [0, 0.1) is 0 Å². The Morgan fingerprint density at radius 2 is 1.39 bits per heavy atom. The predicted octanol–water partition coefficient (Wildman–Crippen LogP) is 2.41. The zero-order chi connectivity index (χ0) is 12.4. The lowest BCUT2D eigenvalue weighted by atomic mass is 10.0. The van der Waals surface area contributed by atoms with Crippen LogP contribution in [0.15, 0.2) is 48.5 Å². The maximum Gasteiger partial charge on any atom is 0.0681 e. The molecule has 0 spiro atoms. The molecule has 1 unspecified atom stereocenters. The van der Waals surface area contributed by atoms with Crippen LogP contribution < -0.4 is 5.32 Å². The summed E-state index contributed by atoms with van der Waals surface area (Å²) in [5.74, 6) is 0. The quantitative estimate of drug-likeness (QED) is 0.805. The third-order valence-corrected chi connectivity index (χ3v) is 3.40. The van der Waals surface area contributed by atoms with Crippen LogP contribution in [-0.4, -0.2) is 11.7 Å². The summed E-state index contributed by atoms with van der Waals surface area (Å²) >= 11 is 0. The molecular weight excluding hydrogens is 222 g/mol. The molecule has 0 radical (unpaired) electrons. The van der Waals surface area contributed by atoms with Gasteiger partial charge >= 0.3 is 0 Å². The summed E-state index contributed by atoms with van der Waals surface area (Å²) in [6.45, 7) is 1.23. The Bertz CT molecular complexity index is 512. The number of aliphatic hydroxyl groups is 1. The molecule has 1 aliphatic heterocycles. The van der Waals surface area contributed by atoms with E-state index >= 15 is 0 Å². The molecule has 1 aliphatic rings. The number of hydrogen-bond acceptors (Lipinski definition) is 2. The van der Waals surface area contributed by atoms with Crippen LogP contribution in [-0.2, 0) is 13.0 Å². The lowest BCUT2D eigenvalue weighted by Crippen LogP contribution is -1.91. The van der Waals surface area contributed by atoms with Gasteiger partial charge in [0.25, 0.3) is 0 Å².